The van der Waals surface area contributed by atoms with Gasteiger partial charge >= 0.3 is 5.97 Å². The minimum atomic E-state index is -0.881. The standard InChI is InChI=1S/C14H13NO3/c1-10-6-7-12(9-15-10)18-13-5-3-2-4-11(13)8-14(16)17/h2-7,9H,8H2,1H3,(H,16,17). The molecule has 0 saturated heterocycles. The number of aryl methyl sites for hydroxylation is 1. The van der Waals surface area contributed by atoms with Crippen LogP contribution in [0, 0.1) is 6.92 Å². The van der Waals surface area contributed by atoms with E-state index in [4.69, 9.17) is 9.84 Å². The Morgan fingerprint density at radius 3 is 2.72 bits per heavy atom. The summed E-state index contributed by atoms with van der Waals surface area (Å²) >= 11 is 0. The number of carboxylic acid groups (broad SMARTS) is 1. The SMILES string of the molecule is Cc1ccc(Oc2ccccc2CC(=O)O)cn1. The number of pyridine rings is 1. The number of ether oxygens (including phenoxy) is 1. The van der Waals surface area contributed by atoms with Crippen LogP contribution in [0.1, 0.15) is 11.3 Å². The fraction of sp³-hybridized carbons (Fsp3) is 0.143. The molecule has 0 saturated carbocycles. The molecule has 1 heterocycles. The van der Waals surface area contributed by atoms with Crippen LogP contribution in [0.25, 0.3) is 0 Å². The van der Waals surface area contributed by atoms with Crippen molar-refractivity contribution in [1.82, 2.24) is 4.98 Å². The van der Waals surface area contributed by atoms with Gasteiger partial charge in [-0.3, -0.25) is 9.78 Å². The molecule has 2 rings (SSSR count). The van der Waals surface area contributed by atoms with Crippen LogP contribution in [0.2, 0.25) is 0 Å². The molecule has 0 atom stereocenters. The van der Waals surface area contributed by atoms with E-state index in [9.17, 15) is 4.79 Å². The third-order valence-electron chi connectivity index (χ3n) is 2.43. The summed E-state index contributed by atoms with van der Waals surface area (Å²) in [4.78, 5) is 14.9. The number of para-hydroxylation sites is 1. The number of carboxylic acids is 1. The molecule has 0 aliphatic heterocycles. The quantitative estimate of drug-likeness (QED) is 0.897. The van der Waals surface area contributed by atoms with Crippen LogP contribution in [-0.2, 0) is 11.2 Å². The second kappa shape index (κ2) is 5.31. The molecule has 1 N–H and O–H groups in total. The molecule has 1 aromatic carbocycles. The zero-order valence-corrected chi connectivity index (χ0v) is 9.96. The molecule has 0 unspecified atom stereocenters. The van der Waals surface area contributed by atoms with Crippen molar-refractivity contribution in [3.63, 3.8) is 0 Å². The molecule has 92 valence electrons. The summed E-state index contributed by atoms with van der Waals surface area (Å²) in [7, 11) is 0. The number of benzene rings is 1. The zero-order chi connectivity index (χ0) is 13.0. The van der Waals surface area contributed by atoms with E-state index in [0.717, 1.165) is 5.69 Å². The first kappa shape index (κ1) is 12.1. The topological polar surface area (TPSA) is 59.4 Å². The first-order chi connectivity index (χ1) is 8.65. The highest BCUT2D eigenvalue weighted by Gasteiger charge is 2.08. The Morgan fingerprint density at radius 1 is 1.28 bits per heavy atom. The van der Waals surface area contributed by atoms with Gasteiger partial charge in [0.15, 0.2) is 0 Å². The summed E-state index contributed by atoms with van der Waals surface area (Å²) in [6.07, 6.45) is 1.56. The van der Waals surface area contributed by atoms with Gasteiger partial charge in [0.05, 0.1) is 12.6 Å². The van der Waals surface area contributed by atoms with Crippen LogP contribution >= 0.6 is 0 Å². The monoisotopic (exact) mass is 243 g/mol. The average molecular weight is 243 g/mol. The molecule has 18 heavy (non-hydrogen) atoms. The molecule has 0 fully saturated rings. The molecule has 0 amide bonds. The number of rotatable bonds is 4. The van der Waals surface area contributed by atoms with Crippen molar-refractivity contribution in [2.24, 2.45) is 0 Å². The fourth-order valence-corrected chi connectivity index (χ4v) is 1.55. The van der Waals surface area contributed by atoms with Gasteiger partial charge in [0.25, 0.3) is 0 Å². The molecule has 0 radical (unpaired) electrons. The maximum absolute atomic E-state index is 10.8. The first-order valence-corrected chi connectivity index (χ1v) is 5.55. The molecule has 1 aromatic heterocycles. The van der Waals surface area contributed by atoms with Crippen molar-refractivity contribution >= 4 is 5.97 Å². The van der Waals surface area contributed by atoms with E-state index in [1.165, 1.54) is 0 Å². The van der Waals surface area contributed by atoms with Crippen molar-refractivity contribution in [2.45, 2.75) is 13.3 Å². The lowest BCUT2D eigenvalue weighted by atomic mass is 10.1. The second-order valence-corrected chi connectivity index (χ2v) is 3.92. The fourth-order valence-electron chi connectivity index (χ4n) is 1.55. The Morgan fingerprint density at radius 2 is 2.06 bits per heavy atom. The summed E-state index contributed by atoms with van der Waals surface area (Å²) in [5, 5.41) is 8.83. The lowest BCUT2D eigenvalue weighted by molar-refractivity contribution is -0.136. The Hall–Kier alpha value is -2.36. The Balaban J connectivity index is 2.23. The molecule has 0 aliphatic rings. The summed E-state index contributed by atoms with van der Waals surface area (Å²) in [6, 6.07) is 10.7. The minimum Gasteiger partial charge on any atom is -0.481 e. The van der Waals surface area contributed by atoms with Gasteiger partial charge in [0, 0.05) is 11.3 Å². The lowest BCUT2D eigenvalue weighted by Gasteiger charge is -2.09. The van der Waals surface area contributed by atoms with E-state index in [1.807, 2.05) is 19.1 Å². The van der Waals surface area contributed by atoms with Crippen molar-refractivity contribution in [3.05, 3.63) is 53.9 Å². The largest absolute Gasteiger partial charge is 0.481 e. The number of carbonyl (C=O) groups is 1. The van der Waals surface area contributed by atoms with Crippen molar-refractivity contribution in [1.29, 1.82) is 0 Å². The Kier molecular flexibility index (Phi) is 3.57. The number of hydrogen-bond donors (Lipinski definition) is 1. The van der Waals surface area contributed by atoms with E-state index >= 15 is 0 Å². The van der Waals surface area contributed by atoms with Crippen LogP contribution in [0.4, 0.5) is 0 Å². The van der Waals surface area contributed by atoms with E-state index in [2.05, 4.69) is 4.98 Å². The maximum atomic E-state index is 10.8. The average Bonchev–Trinajstić information content (AvgIpc) is 2.34. The van der Waals surface area contributed by atoms with Crippen molar-refractivity contribution < 1.29 is 14.6 Å². The van der Waals surface area contributed by atoms with Gasteiger partial charge in [-0.2, -0.15) is 0 Å². The molecule has 0 bridgehead atoms. The summed E-state index contributed by atoms with van der Waals surface area (Å²) < 4.78 is 5.64. The van der Waals surface area contributed by atoms with E-state index in [0.29, 0.717) is 17.1 Å². The van der Waals surface area contributed by atoms with E-state index < -0.39 is 5.97 Å². The molecule has 4 nitrogen and oxygen atoms in total. The molecule has 4 heteroatoms. The van der Waals surface area contributed by atoms with Crippen molar-refractivity contribution in [2.75, 3.05) is 0 Å². The third-order valence-corrected chi connectivity index (χ3v) is 2.43. The van der Waals surface area contributed by atoms with Crippen LogP contribution in [0.3, 0.4) is 0 Å². The number of hydrogen-bond acceptors (Lipinski definition) is 3. The lowest BCUT2D eigenvalue weighted by Crippen LogP contribution is -2.01. The zero-order valence-electron chi connectivity index (χ0n) is 9.96. The smallest absolute Gasteiger partial charge is 0.307 e. The van der Waals surface area contributed by atoms with Crippen LogP contribution in [-0.4, -0.2) is 16.1 Å². The summed E-state index contributed by atoms with van der Waals surface area (Å²) in [5.41, 5.74) is 1.55. The highest BCUT2D eigenvalue weighted by Crippen LogP contribution is 2.25. The van der Waals surface area contributed by atoms with Crippen molar-refractivity contribution in [3.8, 4) is 11.5 Å². The van der Waals surface area contributed by atoms with Gasteiger partial charge in [-0.1, -0.05) is 18.2 Å². The van der Waals surface area contributed by atoms with Crippen LogP contribution < -0.4 is 4.74 Å². The normalized spacial score (nSPS) is 10.1. The summed E-state index contributed by atoms with van der Waals surface area (Å²) in [5.74, 6) is 0.261. The molecular formula is C14H13NO3. The number of aliphatic carboxylic acids is 1. The first-order valence-electron chi connectivity index (χ1n) is 5.55. The third kappa shape index (κ3) is 3.07. The van der Waals surface area contributed by atoms with Gasteiger partial charge in [0.1, 0.15) is 11.5 Å². The van der Waals surface area contributed by atoms with E-state index in [-0.39, 0.29) is 6.42 Å². The predicted octanol–water partition coefficient (Wildman–Crippen LogP) is 2.81. The van der Waals surface area contributed by atoms with Gasteiger partial charge < -0.3 is 9.84 Å². The maximum Gasteiger partial charge on any atom is 0.307 e. The van der Waals surface area contributed by atoms with E-state index in [1.54, 1.807) is 30.5 Å². The molecular weight excluding hydrogens is 230 g/mol. The highest BCUT2D eigenvalue weighted by atomic mass is 16.5. The minimum absolute atomic E-state index is 0.0601. The second-order valence-electron chi connectivity index (χ2n) is 3.92. The van der Waals surface area contributed by atoms with Gasteiger partial charge in [0.2, 0.25) is 0 Å². The molecule has 2 aromatic rings. The Labute approximate surface area is 105 Å². The Bertz CT molecular complexity index is 549. The number of aromatic nitrogens is 1. The van der Waals surface area contributed by atoms with Gasteiger partial charge in [-0.05, 0) is 25.1 Å². The van der Waals surface area contributed by atoms with Crippen LogP contribution in [0.15, 0.2) is 42.6 Å². The molecule has 0 spiro atoms. The predicted molar refractivity (Wildman–Crippen MR) is 66.8 cm³/mol. The molecule has 0 aliphatic carbocycles. The number of nitrogens with zero attached hydrogens (tertiary/aromatic N) is 1. The van der Waals surface area contributed by atoms with Gasteiger partial charge in [-0.25, -0.2) is 0 Å². The summed E-state index contributed by atoms with van der Waals surface area (Å²) in [6.45, 7) is 1.89. The highest BCUT2D eigenvalue weighted by molar-refractivity contribution is 5.71. The van der Waals surface area contributed by atoms with Crippen LogP contribution in [0.5, 0.6) is 11.5 Å². The van der Waals surface area contributed by atoms with Gasteiger partial charge in [-0.15, -0.1) is 0 Å².